The molecule has 1 aromatic rings. The van der Waals surface area contributed by atoms with Crippen molar-refractivity contribution in [2.24, 2.45) is 0 Å². The number of aryl methyl sites for hydroxylation is 1. The van der Waals surface area contributed by atoms with E-state index < -0.39 is 6.10 Å². The third-order valence-corrected chi connectivity index (χ3v) is 2.49. The summed E-state index contributed by atoms with van der Waals surface area (Å²) in [5.74, 6) is 0.642. The molecule has 0 fully saturated rings. The van der Waals surface area contributed by atoms with E-state index in [0.29, 0.717) is 17.2 Å². The van der Waals surface area contributed by atoms with Gasteiger partial charge in [-0.05, 0) is 31.5 Å². The number of benzene rings is 1. The molecule has 0 aliphatic carbocycles. The maximum Gasteiger partial charge on any atom is 0.172 e. The predicted molar refractivity (Wildman–Crippen MR) is 61.6 cm³/mol. The van der Waals surface area contributed by atoms with Crippen molar-refractivity contribution in [1.82, 2.24) is 0 Å². The first-order valence-corrected chi connectivity index (χ1v) is 5.38. The molecule has 0 saturated heterocycles. The van der Waals surface area contributed by atoms with Gasteiger partial charge in [-0.3, -0.25) is 4.79 Å². The van der Waals surface area contributed by atoms with Gasteiger partial charge in [-0.1, -0.05) is 24.6 Å². The summed E-state index contributed by atoms with van der Waals surface area (Å²) in [6.07, 6.45) is 0.0418. The molecule has 0 amide bonds. The van der Waals surface area contributed by atoms with Crippen LogP contribution in [0.5, 0.6) is 5.75 Å². The number of ketones is 1. The van der Waals surface area contributed by atoms with Crippen LogP contribution in [-0.2, 0) is 4.79 Å². The average Bonchev–Trinajstić information content (AvgIpc) is 2.20. The van der Waals surface area contributed by atoms with Crippen molar-refractivity contribution >= 4 is 17.4 Å². The third-order valence-electron chi connectivity index (χ3n) is 2.19. The van der Waals surface area contributed by atoms with E-state index in [1.807, 2.05) is 26.0 Å². The molecule has 15 heavy (non-hydrogen) atoms. The van der Waals surface area contributed by atoms with E-state index in [2.05, 4.69) is 0 Å². The highest BCUT2D eigenvalue weighted by atomic mass is 35.5. The van der Waals surface area contributed by atoms with Gasteiger partial charge < -0.3 is 4.74 Å². The third kappa shape index (κ3) is 3.24. The van der Waals surface area contributed by atoms with Gasteiger partial charge in [0.05, 0.1) is 5.02 Å². The van der Waals surface area contributed by atoms with Crippen LogP contribution in [0.2, 0.25) is 5.02 Å². The van der Waals surface area contributed by atoms with Crippen molar-refractivity contribution in [2.75, 3.05) is 0 Å². The van der Waals surface area contributed by atoms with Gasteiger partial charge in [0, 0.05) is 6.42 Å². The predicted octanol–water partition coefficient (Wildman–Crippen LogP) is 3.39. The number of hydrogen-bond acceptors (Lipinski definition) is 2. The van der Waals surface area contributed by atoms with Gasteiger partial charge in [0.1, 0.15) is 5.75 Å². The highest BCUT2D eigenvalue weighted by Crippen LogP contribution is 2.26. The Labute approximate surface area is 95.2 Å². The molecule has 0 radical (unpaired) electrons. The van der Waals surface area contributed by atoms with Crippen molar-refractivity contribution in [2.45, 2.75) is 33.3 Å². The quantitative estimate of drug-likeness (QED) is 0.787. The fourth-order valence-corrected chi connectivity index (χ4v) is 1.52. The van der Waals surface area contributed by atoms with Crippen LogP contribution in [0.4, 0.5) is 0 Å². The lowest BCUT2D eigenvalue weighted by Crippen LogP contribution is -2.22. The summed E-state index contributed by atoms with van der Waals surface area (Å²) in [5, 5.41) is 0.547. The molecule has 0 N–H and O–H groups in total. The molecule has 82 valence electrons. The summed E-state index contributed by atoms with van der Waals surface area (Å²) in [7, 11) is 0. The number of carbonyl (C=O) groups is 1. The molecule has 0 aromatic heterocycles. The van der Waals surface area contributed by atoms with Gasteiger partial charge >= 0.3 is 0 Å². The van der Waals surface area contributed by atoms with E-state index >= 15 is 0 Å². The summed E-state index contributed by atoms with van der Waals surface area (Å²) in [6.45, 7) is 5.51. The molecule has 0 spiro atoms. The van der Waals surface area contributed by atoms with Crippen molar-refractivity contribution in [3.63, 3.8) is 0 Å². The van der Waals surface area contributed by atoms with Gasteiger partial charge in [0.2, 0.25) is 0 Å². The van der Waals surface area contributed by atoms with E-state index in [9.17, 15) is 4.79 Å². The lowest BCUT2D eigenvalue weighted by Gasteiger charge is -2.14. The number of Topliss-reactive ketones (excluding diaryl/α,β-unsaturated/α-hetero) is 1. The molecule has 1 rings (SSSR count). The van der Waals surface area contributed by atoms with Crippen molar-refractivity contribution in [3.05, 3.63) is 28.8 Å². The van der Waals surface area contributed by atoms with Crippen LogP contribution in [0.3, 0.4) is 0 Å². The highest BCUT2D eigenvalue weighted by molar-refractivity contribution is 6.32. The Hall–Kier alpha value is -1.02. The maximum atomic E-state index is 11.3. The Bertz CT molecular complexity index is 361. The van der Waals surface area contributed by atoms with E-state index in [1.54, 1.807) is 13.0 Å². The molecule has 0 aliphatic heterocycles. The number of ether oxygens (including phenoxy) is 1. The van der Waals surface area contributed by atoms with Crippen LogP contribution >= 0.6 is 11.6 Å². The summed E-state index contributed by atoms with van der Waals surface area (Å²) in [5.41, 5.74) is 1.07. The first kappa shape index (κ1) is 12.1. The Balaban J connectivity index is 2.76. The number of rotatable bonds is 4. The topological polar surface area (TPSA) is 26.3 Å². The normalized spacial score (nSPS) is 12.3. The smallest absolute Gasteiger partial charge is 0.172 e. The zero-order valence-corrected chi connectivity index (χ0v) is 9.97. The summed E-state index contributed by atoms with van der Waals surface area (Å²) in [4.78, 5) is 11.3. The van der Waals surface area contributed by atoms with Gasteiger partial charge in [0.25, 0.3) is 0 Å². The monoisotopic (exact) mass is 226 g/mol. The fraction of sp³-hybridized carbons (Fsp3) is 0.417. The number of carbonyl (C=O) groups excluding carboxylic acids is 1. The summed E-state index contributed by atoms with van der Waals surface area (Å²) < 4.78 is 5.47. The van der Waals surface area contributed by atoms with E-state index in [1.165, 1.54) is 0 Å². The molecular weight excluding hydrogens is 212 g/mol. The van der Waals surface area contributed by atoms with Crippen LogP contribution < -0.4 is 4.74 Å². The van der Waals surface area contributed by atoms with Crippen molar-refractivity contribution in [1.29, 1.82) is 0 Å². The number of halogens is 1. The molecular formula is C12H15ClO2. The van der Waals surface area contributed by atoms with Gasteiger partial charge in [-0.15, -0.1) is 0 Å². The second kappa shape index (κ2) is 5.17. The van der Waals surface area contributed by atoms with E-state index in [0.717, 1.165) is 5.56 Å². The molecule has 1 atom stereocenters. The van der Waals surface area contributed by atoms with Gasteiger partial charge in [0.15, 0.2) is 11.9 Å². The largest absolute Gasteiger partial charge is 0.481 e. The second-order valence-electron chi connectivity index (χ2n) is 3.51. The molecule has 0 saturated carbocycles. The molecule has 1 unspecified atom stereocenters. The molecule has 0 aliphatic rings. The minimum absolute atomic E-state index is 0.0756. The molecule has 3 heteroatoms. The minimum Gasteiger partial charge on any atom is -0.481 e. The zero-order chi connectivity index (χ0) is 11.4. The Morgan fingerprint density at radius 3 is 2.73 bits per heavy atom. The van der Waals surface area contributed by atoms with Crippen LogP contribution in [0.1, 0.15) is 25.8 Å². The van der Waals surface area contributed by atoms with Crippen molar-refractivity contribution < 1.29 is 9.53 Å². The van der Waals surface area contributed by atoms with Crippen LogP contribution in [0.25, 0.3) is 0 Å². The maximum absolute atomic E-state index is 11.3. The molecule has 0 bridgehead atoms. The summed E-state index contributed by atoms with van der Waals surface area (Å²) >= 11 is 5.99. The van der Waals surface area contributed by atoms with Gasteiger partial charge in [-0.25, -0.2) is 0 Å². The Morgan fingerprint density at radius 1 is 1.53 bits per heavy atom. The Morgan fingerprint density at radius 2 is 2.20 bits per heavy atom. The molecule has 1 aromatic carbocycles. The molecule has 0 heterocycles. The Kier molecular flexibility index (Phi) is 4.15. The van der Waals surface area contributed by atoms with E-state index in [-0.39, 0.29) is 5.78 Å². The highest BCUT2D eigenvalue weighted by Gasteiger charge is 2.13. The minimum atomic E-state index is -0.435. The second-order valence-corrected chi connectivity index (χ2v) is 3.92. The lowest BCUT2D eigenvalue weighted by molar-refractivity contribution is -0.124. The zero-order valence-electron chi connectivity index (χ0n) is 9.21. The number of hydrogen-bond donors (Lipinski definition) is 0. The van der Waals surface area contributed by atoms with Gasteiger partial charge in [-0.2, -0.15) is 0 Å². The van der Waals surface area contributed by atoms with Crippen LogP contribution in [-0.4, -0.2) is 11.9 Å². The SMILES string of the molecule is CCC(=O)C(C)Oc1ccc(C)cc1Cl. The van der Waals surface area contributed by atoms with Crippen molar-refractivity contribution in [3.8, 4) is 5.75 Å². The first-order valence-electron chi connectivity index (χ1n) is 5.00. The fourth-order valence-electron chi connectivity index (χ4n) is 1.25. The van der Waals surface area contributed by atoms with E-state index in [4.69, 9.17) is 16.3 Å². The standard InChI is InChI=1S/C12H15ClO2/c1-4-11(14)9(3)15-12-6-5-8(2)7-10(12)13/h5-7,9H,4H2,1-3H3. The van der Waals surface area contributed by atoms with Crippen LogP contribution in [0, 0.1) is 6.92 Å². The first-order chi connectivity index (χ1) is 7.04. The average molecular weight is 227 g/mol. The lowest BCUT2D eigenvalue weighted by atomic mass is 10.2. The molecule has 2 nitrogen and oxygen atoms in total. The summed E-state index contributed by atoms with van der Waals surface area (Å²) in [6, 6.07) is 5.52. The van der Waals surface area contributed by atoms with Crippen LogP contribution in [0.15, 0.2) is 18.2 Å².